The van der Waals surface area contributed by atoms with Gasteiger partial charge in [0.05, 0.1) is 13.2 Å². The van der Waals surface area contributed by atoms with Gasteiger partial charge >= 0.3 is 19.8 Å². The molecule has 0 amide bonds. The van der Waals surface area contributed by atoms with Crippen molar-refractivity contribution in [2.24, 2.45) is 5.73 Å². The van der Waals surface area contributed by atoms with Crippen molar-refractivity contribution in [3.8, 4) is 0 Å². The summed E-state index contributed by atoms with van der Waals surface area (Å²) in [5, 5.41) is 0. The lowest BCUT2D eigenvalue weighted by molar-refractivity contribution is -0.161. The van der Waals surface area contributed by atoms with Crippen molar-refractivity contribution in [2.75, 3.05) is 26.4 Å². The predicted octanol–water partition coefficient (Wildman–Crippen LogP) is 24.9. The molecule has 0 saturated heterocycles. The van der Waals surface area contributed by atoms with E-state index in [-0.39, 0.29) is 38.6 Å². The van der Waals surface area contributed by atoms with E-state index in [1.165, 1.54) is 212 Å². The minimum absolute atomic E-state index is 0.0494. The second kappa shape index (κ2) is 73.7. The van der Waals surface area contributed by atoms with Crippen LogP contribution in [0.2, 0.25) is 0 Å². The fourth-order valence-corrected chi connectivity index (χ4v) is 11.5. The summed E-state index contributed by atoms with van der Waals surface area (Å²) in [5.74, 6) is -0.825. The Morgan fingerprint density at radius 2 is 0.618 bits per heavy atom. The van der Waals surface area contributed by atoms with E-state index >= 15 is 0 Å². The van der Waals surface area contributed by atoms with Crippen molar-refractivity contribution in [3.63, 3.8) is 0 Å². The number of phosphoric ester groups is 1. The monoisotopic (exact) mass is 1260 g/mol. The topological polar surface area (TPSA) is 134 Å². The Balaban J connectivity index is 3.89. The second-order valence-electron chi connectivity index (χ2n) is 24.8. The first-order valence-electron chi connectivity index (χ1n) is 37.4. The average Bonchev–Trinajstić information content (AvgIpc) is 3.68. The maximum atomic E-state index is 12.8. The Morgan fingerprint density at radius 1 is 0.348 bits per heavy atom. The Labute approximate surface area is 549 Å². The minimum Gasteiger partial charge on any atom is -0.462 e. The van der Waals surface area contributed by atoms with E-state index in [0.29, 0.717) is 6.42 Å². The third-order valence-corrected chi connectivity index (χ3v) is 17.2. The number of hydrogen-bond acceptors (Lipinski definition) is 8. The molecule has 0 aromatic heterocycles. The molecule has 0 aliphatic carbocycles. The van der Waals surface area contributed by atoms with Crippen LogP contribution in [0.5, 0.6) is 0 Å². The van der Waals surface area contributed by atoms with Crippen LogP contribution in [0.25, 0.3) is 0 Å². The van der Waals surface area contributed by atoms with E-state index in [0.717, 1.165) is 103 Å². The zero-order valence-corrected chi connectivity index (χ0v) is 58.8. The first kappa shape index (κ1) is 85.7. The van der Waals surface area contributed by atoms with E-state index in [1.807, 2.05) is 0 Å². The fourth-order valence-electron chi connectivity index (χ4n) is 10.7. The molecule has 0 bridgehead atoms. The van der Waals surface area contributed by atoms with Crippen LogP contribution < -0.4 is 5.73 Å². The standard InChI is InChI=1S/C79H140NO8P/c1-3-5-7-9-11-13-15-17-19-21-23-25-27-29-31-33-35-36-37-38-39-40-42-44-46-48-50-52-54-56-58-60-62-64-66-68-70-72-79(82)88-77(76-87-89(83,84)86-74-73-80)75-85-78(81)71-69-67-65-63-61-59-57-55-53-51-49-47-45-43-41-34-32-30-28-26-24-22-20-18-16-14-12-10-8-6-4-2/h5,7,11,13,17,19,23,25,29,31,35-36,38-39,42,44,48,50,77H,3-4,6,8-10,12,14-16,18,20-22,24,26-28,30,32-34,37,40-41,43,45-47,49,51-76,80H2,1-2H3,(H,83,84)/b7-5-,13-11-,19-17-,25-23-,31-29-,36-35-,39-38-,44-42-,50-48-. The Kier molecular flexibility index (Phi) is 71.0. The van der Waals surface area contributed by atoms with Crippen LogP contribution in [-0.2, 0) is 32.7 Å². The van der Waals surface area contributed by atoms with Crippen LogP contribution in [0.1, 0.15) is 348 Å². The highest BCUT2D eigenvalue weighted by atomic mass is 31.2. The summed E-state index contributed by atoms with van der Waals surface area (Å²) in [7, 11) is -4.40. The number of nitrogens with two attached hydrogens (primary N) is 1. The number of phosphoric acid groups is 1. The summed E-state index contributed by atoms with van der Waals surface area (Å²) < 4.78 is 33.2. The Hall–Kier alpha value is -3.33. The molecule has 0 saturated carbocycles. The first-order valence-corrected chi connectivity index (χ1v) is 38.9. The number of hydrogen-bond donors (Lipinski definition) is 2. The molecule has 514 valence electrons. The van der Waals surface area contributed by atoms with Gasteiger partial charge in [0.2, 0.25) is 0 Å². The van der Waals surface area contributed by atoms with Crippen molar-refractivity contribution in [1.82, 2.24) is 0 Å². The molecule has 0 heterocycles. The van der Waals surface area contributed by atoms with Gasteiger partial charge in [0.1, 0.15) is 6.61 Å². The third kappa shape index (κ3) is 73.6. The second-order valence-corrected chi connectivity index (χ2v) is 26.2. The number of ether oxygens (including phenoxy) is 2. The number of allylic oxidation sites excluding steroid dienone is 18. The van der Waals surface area contributed by atoms with Crippen molar-refractivity contribution in [2.45, 2.75) is 354 Å². The molecule has 0 aliphatic rings. The minimum atomic E-state index is -4.40. The molecule has 89 heavy (non-hydrogen) atoms. The summed E-state index contributed by atoms with van der Waals surface area (Å²) >= 11 is 0. The highest BCUT2D eigenvalue weighted by Crippen LogP contribution is 2.43. The molecule has 0 radical (unpaired) electrons. The Morgan fingerprint density at radius 3 is 0.921 bits per heavy atom. The van der Waals surface area contributed by atoms with E-state index in [1.54, 1.807) is 0 Å². The normalized spacial score (nSPS) is 13.5. The van der Waals surface area contributed by atoms with Gasteiger partial charge in [0.15, 0.2) is 6.10 Å². The first-order chi connectivity index (χ1) is 43.8. The van der Waals surface area contributed by atoms with Gasteiger partial charge in [-0.05, 0) is 83.5 Å². The number of unbranched alkanes of at least 4 members (excludes halogenated alkanes) is 39. The molecular formula is C79H140NO8P. The van der Waals surface area contributed by atoms with Crippen LogP contribution in [0.15, 0.2) is 109 Å². The van der Waals surface area contributed by atoms with Gasteiger partial charge in [0.25, 0.3) is 0 Å². The van der Waals surface area contributed by atoms with E-state index < -0.39 is 26.5 Å². The van der Waals surface area contributed by atoms with Gasteiger partial charge in [0, 0.05) is 19.4 Å². The zero-order chi connectivity index (χ0) is 64.4. The van der Waals surface area contributed by atoms with Gasteiger partial charge in [-0.15, -0.1) is 0 Å². The molecule has 10 heteroatoms. The fraction of sp³-hybridized carbons (Fsp3) is 0.747. The smallest absolute Gasteiger partial charge is 0.462 e. The maximum absolute atomic E-state index is 12.8. The summed E-state index contributed by atoms with van der Waals surface area (Å²) in [6.07, 6.45) is 102. The number of carbonyl (C=O) groups is 2. The lowest BCUT2D eigenvalue weighted by atomic mass is 10.0. The Bertz CT molecular complexity index is 1830. The van der Waals surface area contributed by atoms with Crippen LogP contribution in [0.3, 0.4) is 0 Å². The largest absolute Gasteiger partial charge is 0.472 e. The lowest BCUT2D eigenvalue weighted by Gasteiger charge is -2.19. The average molecular weight is 1260 g/mol. The predicted molar refractivity (Wildman–Crippen MR) is 385 cm³/mol. The van der Waals surface area contributed by atoms with Gasteiger partial charge in [-0.25, -0.2) is 4.57 Å². The van der Waals surface area contributed by atoms with Gasteiger partial charge in [-0.1, -0.05) is 361 Å². The van der Waals surface area contributed by atoms with Crippen molar-refractivity contribution < 1.29 is 37.6 Å². The molecule has 0 aromatic rings. The van der Waals surface area contributed by atoms with Crippen molar-refractivity contribution >= 4 is 19.8 Å². The van der Waals surface area contributed by atoms with E-state index in [9.17, 15) is 19.0 Å². The molecule has 0 aromatic carbocycles. The zero-order valence-electron chi connectivity index (χ0n) is 57.9. The highest BCUT2D eigenvalue weighted by molar-refractivity contribution is 7.47. The maximum Gasteiger partial charge on any atom is 0.472 e. The highest BCUT2D eigenvalue weighted by Gasteiger charge is 2.26. The molecule has 2 unspecified atom stereocenters. The molecule has 2 atom stereocenters. The molecule has 0 rings (SSSR count). The van der Waals surface area contributed by atoms with Gasteiger partial charge < -0.3 is 20.1 Å². The van der Waals surface area contributed by atoms with Crippen LogP contribution >= 0.6 is 7.82 Å². The summed E-state index contributed by atoms with van der Waals surface area (Å²) in [6, 6.07) is 0. The van der Waals surface area contributed by atoms with E-state index in [2.05, 4.69) is 123 Å². The lowest BCUT2D eigenvalue weighted by Crippen LogP contribution is -2.29. The molecule has 9 nitrogen and oxygen atoms in total. The molecule has 0 spiro atoms. The number of carbonyl (C=O) groups excluding carboxylic acids is 2. The summed E-state index contributed by atoms with van der Waals surface area (Å²) in [5.41, 5.74) is 5.41. The van der Waals surface area contributed by atoms with Crippen LogP contribution in [0.4, 0.5) is 0 Å². The SMILES string of the molecule is CC/C=C\C/C=C\C/C=C\C/C=C\C/C=C\C/C=C\C/C=C\C/C=C\C/C=C\CCCCCCCCCCCC(=O)OC(COC(=O)CCCCCCCCCCCCCCCCCCCCCCCCCCCCCCCCC)COP(=O)(O)OCCN. The van der Waals surface area contributed by atoms with Crippen LogP contribution in [0, 0.1) is 0 Å². The van der Waals surface area contributed by atoms with Crippen molar-refractivity contribution in [1.29, 1.82) is 0 Å². The number of esters is 2. The van der Waals surface area contributed by atoms with Crippen LogP contribution in [-0.4, -0.2) is 49.3 Å². The summed E-state index contributed by atoms with van der Waals surface area (Å²) in [6.45, 7) is 3.67. The molecule has 0 aliphatic heterocycles. The molecular weight excluding hydrogens is 1120 g/mol. The van der Waals surface area contributed by atoms with Gasteiger partial charge in [-0.3, -0.25) is 18.6 Å². The number of rotatable bonds is 70. The quantitative estimate of drug-likeness (QED) is 0.0264. The van der Waals surface area contributed by atoms with Gasteiger partial charge in [-0.2, -0.15) is 0 Å². The third-order valence-electron chi connectivity index (χ3n) is 16.2. The van der Waals surface area contributed by atoms with Crippen molar-refractivity contribution in [3.05, 3.63) is 109 Å². The van der Waals surface area contributed by atoms with E-state index in [4.69, 9.17) is 24.3 Å². The molecule has 3 N–H and O–H groups in total. The summed E-state index contributed by atoms with van der Waals surface area (Å²) in [4.78, 5) is 35.4. The molecule has 0 fully saturated rings.